The highest BCUT2D eigenvalue weighted by molar-refractivity contribution is 5.16. The van der Waals surface area contributed by atoms with E-state index in [4.69, 9.17) is 4.74 Å². The maximum Gasteiger partial charge on any atom is 0.123 e. The number of ether oxygens (including phenoxy) is 1. The summed E-state index contributed by atoms with van der Waals surface area (Å²) in [5, 5.41) is 0. The highest BCUT2D eigenvalue weighted by Gasteiger charge is 2.23. The molecular formula is C18H26FNO. The van der Waals surface area contributed by atoms with Crippen molar-refractivity contribution in [1.82, 2.24) is 4.90 Å². The molecule has 0 aliphatic carbocycles. The van der Waals surface area contributed by atoms with Gasteiger partial charge in [-0.3, -0.25) is 0 Å². The SMILES string of the molecule is Fc1ccc(C[C@@H]2CCCN(CC3CCOCC3)C2)cc1. The van der Waals surface area contributed by atoms with Crippen LogP contribution in [0.4, 0.5) is 4.39 Å². The number of likely N-dealkylation sites (tertiary alicyclic amines) is 1. The average Bonchev–Trinajstić information content (AvgIpc) is 2.51. The van der Waals surface area contributed by atoms with Crippen LogP contribution in [0.5, 0.6) is 0 Å². The fourth-order valence-electron chi connectivity index (χ4n) is 3.73. The highest BCUT2D eigenvalue weighted by Crippen LogP contribution is 2.24. The molecule has 2 fully saturated rings. The summed E-state index contributed by atoms with van der Waals surface area (Å²) in [5.74, 6) is 1.41. The van der Waals surface area contributed by atoms with Gasteiger partial charge in [0, 0.05) is 26.3 Å². The summed E-state index contributed by atoms with van der Waals surface area (Å²) < 4.78 is 18.4. The van der Waals surface area contributed by atoms with E-state index >= 15 is 0 Å². The molecule has 2 heterocycles. The first-order valence-corrected chi connectivity index (χ1v) is 8.34. The molecule has 0 amide bonds. The van der Waals surface area contributed by atoms with E-state index in [9.17, 15) is 4.39 Å². The Labute approximate surface area is 127 Å². The van der Waals surface area contributed by atoms with Gasteiger partial charge in [-0.05, 0) is 68.2 Å². The van der Waals surface area contributed by atoms with Crippen molar-refractivity contribution in [2.75, 3.05) is 32.8 Å². The minimum Gasteiger partial charge on any atom is -0.381 e. The van der Waals surface area contributed by atoms with Crippen molar-refractivity contribution < 1.29 is 9.13 Å². The zero-order valence-corrected chi connectivity index (χ0v) is 12.8. The smallest absolute Gasteiger partial charge is 0.123 e. The molecule has 2 nitrogen and oxygen atoms in total. The van der Waals surface area contributed by atoms with Crippen LogP contribution < -0.4 is 0 Å². The molecule has 3 rings (SSSR count). The Morgan fingerprint density at radius 2 is 1.81 bits per heavy atom. The molecule has 0 saturated carbocycles. The Morgan fingerprint density at radius 3 is 2.57 bits per heavy atom. The predicted molar refractivity (Wildman–Crippen MR) is 82.8 cm³/mol. The van der Waals surface area contributed by atoms with E-state index < -0.39 is 0 Å². The summed E-state index contributed by atoms with van der Waals surface area (Å²) >= 11 is 0. The van der Waals surface area contributed by atoms with Crippen molar-refractivity contribution in [3.05, 3.63) is 35.6 Å². The minimum absolute atomic E-state index is 0.136. The van der Waals surface area contributed by atoms with Crippen LogP contribution in [0, 0.1) is 17.7 Å². The Hall–Kier alpha value is -0.930. The molecule has 2 aliphatic heterocycles. The third-order valence-electron chi connectivity index (χ3n) is 4.90. The van der Waals surface area contributed by atoms with Gasteiger partial charge in [-0.1, -0.05) is 12.1 Å². The number of hydrogen-bond donors (Lipinski definition) is 0. The lowest BCUT2D eigenvalue weighted by Gasteiger charge is -2.36. The molecule has 0 spiro atoms. The Morgan fingerprint density at radius 1 is 1.05 bits per heavy atom. The quantitative estimate of drug-likeness (QED) is 0.842. The van der Waals surface area contributed by atoms with Crippen molar-refractivity contribution in [3.63, 3.8) is 0 Å². The van der Waals surface area contributed by atoms with E-state index in [1.54, 1.807) is 12.1 Å². The van der Waals surface area contributed by atoms with E-state index in [1.165, 1.54) is 50.9 Å². The van der Waals surface area contributed by atoms with Crippen molar-refractivity contribution in [3.8, 4) is 0 Å². The number of benzene rings is 1. The number of nitrogens with zero attached hydrogens (tertiary/aromatic N) is 1. The van der Waals surface area contributed by atoms with Gasteiger partial charge in [0.1, 0.15) is 5.82 Å². The van der Waals surface area contributed by atoms with Crippen LogP contribution in [-0.2, 0) is 11.2 Å². The molecule has 0 N–H and O–H groups in total. The number of hydrogen-bond acceptors (Lipinski definition) is 2. The van der Waals surface area contributed by atoms with Crippen molar-refractivity contribution in [1.29, 1.82) is 0 Å². The molecule has 3 heteroatoms. The molecule has 1 aromatic carbocycles. The third kappa shape index (κ3) is 4.52. The molecule has 2 aliphatic rings. The summed E-state index contributed by atoms with van der Waals surface area (Å²) in [5.41, 5.74) is 1.27. The van der Waals surface area contributed by atoms with Gasteiger partial charge < -0.3 is 9.64 Å². The second-order valence-electron chi connectivity index (χ2n) is 6.65. The van der Waals surface area contributed by atoms with Crippen LogP contribution in [0.15, 0.2) is 24.3 Å². The fourth-order valence-corrected chi connectivity index (χ4v) is 3.73. The largest absolute Gasteiger partial charge is 0.381 e. The van der Waals surface area contributed by atoms with Gasteiger partial charge in [0.05, 0.1) is 0 Å². The highest BCUT2D eigenvalue weighted by atomic mass is 19.1. The maximum atomic E-state index is 13.0. The van der Waals surface area contributed by atoms with E-state index in [1.807, 2.05) is 12.1 Å². The van der Waals surface area contributed by atoms with E-state index in [0.29, 0.717) is 0 Å². The topological polar surface area (TPSA) is 12.5 Å². The summed E-state index contributed by atoms with van der Waals surface area (Å²) in [6, 6.07) is 7.04. The molecule has 1 aromatic rings. The molecule has 1 atom stereocenters. The van der Waals surface area contributed by atoms with Gasteiger partial charge in [-0.25, -0.2) is 4.39 Å². The molecule has 0 unspecified atom stereocenters. The zero-order valence-electron chi connectivity index (χ0n) is 12.8. The summed E-state index contributed by atoms with van der Waals surface area (Å²) in [4.78, 5) is 2.65. The lowest BCUT2D eigenvalue weighted by atomic mass is 9.90. The summed E-state index contributed by atoms with van der Waals surface area (Å²) in [6.07, 6.45) is 6.14. The van der Waals surface area contributed by atoms with Crippen LogP contribution in [0.25, 0.3) is 0 Å². The molecule has 2 saturated heterocycles. The van der Waals surface area contributed by atoms with Gasteiger partial charge in [0.15, 0.2) is 0 Å². The van der Waals surface area contributed by atoms with Crippen LogP contribution in [0.2, 0.25) is 0 Å². The first-order valence-electron chi connectivity index (χ1n) is 8.34. The normalized spacial score (nSPS) is 25.1. The average molecular weight is 291 g/mol. The third-order valence-corrected chi connectivity index (χ3v) is 4.90. The van der Waals surface area contributed by atoms with Crippen LogP contribution in [0.1, 0.15) is 31.2 Å². The first kappa shape index (κ1) is 15.0. The standard InChI is InChI=1S/C18H26FNO/c19-18-5-3-15(4-6-18)12-17-2-1-9-20(14-17)13-16-7-10-21-11-8-16/h3-6,16-17H,1-2,7-14H2/t17-/m0/s1. The van der Waals surface area contributed by atoms with Gasteiger partial charge in [0.25, 0.3) is 0 Å². The van der Waals surface area contributed by atoms with Gasteiger partial charge >= 0.3 is 0 Å². The summed E-state index contributed by atoms with van der Waals surface area (Å²) in [6.45, 7) is 5.57. The Balaban J connectivity index is 1.49. The number of rotatable bonds is 4. The fraction of sp³-hybridized carbons (Fsp3) is 0.667. The van der Waals surface area contributed by atoms with Crippen molar-refractivity contribution >= 4 is 0 Å². The van der Waals surface area contributed by atoms with Crippen LogP contribution in [-0.4, -0.2) is 37.7 Å². The van der Waals surface area contributed by atoms with Crippen LogP contribution >= 0.6 is 0 Å². The Bertz CT molecular complexity index is 427. The van der Waals surface area contributed by atoms with Gasteiger partial charge in [0.2, 0.25) is 0 Å². The molecule has 0 radical (unpaired) electrons. The van der Waals surface area contributed by atoms with Crippen LogP contribution in [0.3, 0.4) is 0 Å². The summed E-state index contributed by atoms with van der Waals surface area (Å²) in [7, 11) is 0. The van der Waals surface area contributed by atoms with E-state index in [-0.39, 0.29) is 5.82 Å². The number of halogens is 1. The molecule has 0 aromatic heterocycles. The molecule has 21 heavy (non-hydrogen) atoms. The van der Waals surface area contributed by atoms with E-state index in [0.717, 1.165) is 31.5 Å². The predicted octanol–water partition coefficient (Wildman–Crippen LogP) is 3.51. The maximum absolute atomic E-state index is 13.0. The second kappa shape index (κ2) is 7.37. The zero-order chi connectivity index (χ0) is 14.5. The molecular weight excluding hydrogens is 265 g/mol. The van der Waals surface area contributed by atoms with Gasteiger partial charge in [-0.15, -0.1) is 0 Å². The van der Waals surface area contributed by atoms with Crippen molar-refractivity contribution in [2.45, 2.75) is 32.1 Å². The Kier molecular flexibility index (Phi) is 5.26. The lowest BCUT2D eigenvalue weighted by Crippen LogP contribution is -2.40. The van der Waals surface area contributed by atoms with Gasteiger partial charge in [-0.2, -0.15) is 0 Å². The minimum atomic E-state index is -0.136. The number of piperidine rings is 1. The molecule has 116 valence electrons. The monoisotopic (exact) mass is 291 g/mol. The first-order chi connectivity index (χ1) is 10.3. The lowest BCUT2D eigenvalue weighted by molar-refractivity contribution is 0.0452. The second-order valence-corrected chi connectivity index (χ2v) is 6.65. The van der Waals surface area contributed by atoms with E-state index in [2.05, 4.69) is 4.90 Å². The molecule has 0 bridgehead atoms. The van der Waals surface area contributed by atoms with Crippen molar-refractivity contribution in [2.24, 2.45) is 11.8 Å².